The predicted molar refractivity (Wildman–Crippen MR) is 55.3 cm³/mol. The fourth-order valence-electron chi connectivity index (χ4n) is 1.93. The topological polar surface area (TPSA) is 83.6 Å². The number of carbonyl (C=O) groups excluding carboxylic acids is 1. The number of nitrogens with two attached hydrogens (primary N) is 1. The monoisotopic (exact) mass is 214 g/mol. The van der Waals surface area contributed by atoms with Gasteiger partial charge in [0.25, 0.3) is 0 Å². The van der Waals surface area contributed by atoms with Crippen LogP contribution in [-0.4, -0.2) is 40.5 Å². The van der Waals surface area contributed by atoms with E-state index in [1.54, 1.807) is 0 Å². The SMILES string of the molecule is CCC[C@H](N)C(=O)N1CCCC1C(=O)O. The molecule has 0 spiro atoms. The Bertz CT molecular complexity index is 255. The number of hydrogen-bond donors (Lipinski definition) is 2. The lowest BCUT2D eigenvalue weighted by Crippen LogP contribution is -2.48. The summed E-state index contributed by atoms with van der Waals surface area (Å²) < 4.78 is 0. The third kappa shape index (κ3) is 2.68. The molecule has 2 atom stereocenters. The van der Waals surface area contributed by atoms with E-state index >= 15 is 0 Å². The van der Waals surface area contributed by atoms with Crippen LogP contribution >= 0.6 is 0 Å². The Kier molecular flexibility index (Phi) is 4.08. The largest absolute Gasteiger partial charge is 0.480 e. The van der Waals surface area contributed by atoms with E-state index in [0.717, 1.165) is 12.8 Å². The summed E-state index contributed by atoms with van der Waals surface area (Å²) in [4.78, 5) is 24.1. The van der Waals surface area contributed by atoms with Gasteiger partial charge in [-0.1, -0.05) is 13.3 Å². The van der Waals surface area contributed by atoms with Crippen LogP contribution in [0.25, 0.3) is 0 Å². The highest BCUT2D eigenvalue weighted by atomic mass is 16.4. The zero-order valence-corrected chi connectivity index (χ0v) is 8.98. The maximum Gasteiger partial charge on any atom is 0.326 e. The molecule has 5 heteroatoms. The number of carbonyl (C=O) groups is 2. The van der Waals surface area contributed by atoms with Gasteiger partial charge in [0.05, 0.1) is 6.04 Å². The van der Waals surface area contributed by atoms with Gasteiger partial charge in [-0.2, -0.15) is 0 Å². The van der Waals surface area contributed by atoms with Crippen LogP contribution in [0.2, 0.25) is 0 Å². The fourth-order valence-corrected chi connectivity index (χ4v) is 1.93. The molecule has 1 rings (SSSR count). The van der Waals surface area contributed by atoms with Gasteiger partial charge in [-0.15, -0.1) is 0 Å². The van der Waals surface area contributed by atoms with Crippen LogP contribution in [0.4, 0.5) is 0 Å². The van der Waals surface area contributed by atoms with Crippen molar-refractivity contribution in [1.29, 1.82) is 0 Å². The zero-order chi connectivity index (χ0) is 11.4. The van der Waals surface area contributed by atoms with Crippen molar-refractivity contribution in [2.24, 2.45) is 5.73 Å². The second-order valence-electron chi connectivity index (χ2n) is 3.92. The second-order valence-corrected chi connectivity index (χ2v) is 3.92. The molecule has 0 aliphatic carbocycles. The van der Waals surface area contributed by atoms with Crippen molar-refractivity contribution in [1.82, 2.24) is 4.90 Å². The summed E-state index contributed by atoms with van der Waals surface area (Å²) >= 11 is 0. The summed E-state index contributed by atoms with van der Waals surface area (Å²) in [6, 6.07) is -1.21. The molecular weight excluding hydrogens is 196 g/mol. The first-order chi connectivity index (χ1) is 7.07. The molecule has 0 aromatic carbocycles. The lowest BCUT2D eigenvalue weighted by Gasteiger charge is -2.24. The molecule has 0 aromatic heterocycles. The first-order valence-electron chi connectivity index (χ1n) is 5.36. The molecule has 5 nitrogen and oxygen atoms in total. The Balaban J connectivity index is 2.62. The number of carboxylic acids is 1. The molecule has 0 bridgehead atoms. The third-order valence-electron chi connectivity index (χ3n) is 2.74. The van der Waals surface area contributed by atoms with Gasteiger partial charge < -0.3 is 15.7 Å². The highest BCUT2D eigenvalue weighted by Gasteiger charge is 2.35. The molecule has 1 aliphatic heterocycles. The van der Waals surface area contributed by atoms with Crippen molar-refractivity contribution < 1.29 is 14.7 Å². The lowest BCUT2D eigenvalue weighted by atomic mass is 10.1. The van der Waals surface area contributed by atoms with E-state index in [1.807, 2.05) is 6.92 Å². The lowest BCUT2D eigenvalue weighted by molar-refractivity contribution is -0.148. The van der Waals surface area contributed by atoms with Gasteiger partial charge in [-0.05, 0) is 19.3 Å². The van der Waals surface area contributed by atoms with E-state index in [1.165, 1.54) is 4.90 Å². The number of aliphatic carboxylic acids is 1. The maximum atomic E-state index is 11.8. The smallest absolute Gasteiger partial charge is 0.326 e. The van der Waals surface area contributed by atoms with Crippen LogP contribution in [0, 0.1) is 0 Å². The van der Waals surface area contributed by atoms with Crippen LogP contribution in [0.3, 0.4) is 0 Å². The molecule has 15 heavy (non-hydrogen) atoms. The highest BCUT2D eigenvalue weighted by molar-refractivity contribution is 5.87. The number of nitrogens with zero attached hydrogens (tertiary/aromatic N) is 1. The number of carboxylic acid groups (broad SMARTS) is 1. The average molecular weight is 214 g/mol. The molecule has 0 radical (unpaired) electrons. The van der Waals surface area contributed by atoms with Crippen LogP contribution in [-0.2, 0) is 9.59 Å². The summed E-state index contributed by atoms with van der Waals surface area (Å²) in [6.45, 7) is 2.47. The Morgan fingerprint density at radius 2 is 2.27 bits per heavy atom. The number of rotatable bonds is 4. The van der Waals surface area contributed by atoms with Crippen LogP contribution in [0.5, 0.6) is 0 Å². The first kappa shape index (κ1) is 12.0. The Hall–Kier alpha value is -1.10. The number of likely N-dealkylation sites (tertiary alicyclic amines) is 1. The molecular formula is C10H18N2O3. The number of hydrogen-bond acceptors (Lipinski definition) is 3. The van der Waals surface area contributed by atoms with Crippen molar-refractivity contribution in [3.05, 3.63) is 0 Å². The Morgan fingerprint density at radius 3 is 2.80 bits per heavy atom. The van der Waals surface area contributed by atoms with Crippen molar-refractivity contribution >= 4 is 11.9 Å². The molecule has 1 amide bonds. The summed E-state index contributed by atoms with van der Waals surface area (Å²) in [5.41, 5.74) is 5.69. The molecule has 3 N–H and O–H groups in total. The van der Waals surface area contributed by atoms with Gasteiger partial charge in [-0.25, -0.2) is 4.79 Å². The third-order valence-corrected chi connectivity index (χ3v) is 2.74. The van der Waals surface area contributed by atoms with Crippen molar-refractivity contribution in [2.45, 2.75) is 44.7 Å². The highest BCUT2D eigenvalue weighted by Crippen LogP contribution is 2.18. The van der Waals surface area contributed by atoms with Gasteiger partial charge in [0.2, 0.25) is 5.91 Å². The standard InChI is InChI=1S/C10H18N2O3/c1-2-4-7(11)9(13)12-6-3-5-8(12)10(14)15/h7-8H,2-6,11H2,1H3,(H,14,15)/t7-,8?/m0/s1. The minimum absolute atomic E-state index is 0.221. The van der Waals surface area contributed by atoms with Crippen molar-refractivity contribution in [2.75, 3.05) is 6.54 Å². The molecule has 1 aliphatic rings. The molecule has 0 saturated carbocycles. The van der Waals surface area contributed by atoms with Gasteiger partial charge in [0.15, 0.2) is 0 Å². The normalized spacial score (nSPS) is 22.8. The summed E-state index contributed by atoms with van der Waals surface area (Å²) in [7, 11) is 0. The quantitative estimate of drug-likeness (QED) is 0.699. The Morgan fingerprint density at radius 1 is 1.60 bits per heavy atom. The summed E-state index contributed by atoms with van der Waals surface area (Å²) in [6.07, 6.45) is 2.74. The number of amides is 1. The van der Waals surface area contributed by atoms with Gasteiger partial charge in [-0.3, -0.25) is 4.79 Å². The molecule has 1 heterocycles. The Labute approximate surface area is 89.2 Å². The zero-order valence-electron chi connectivity index (χ0n) is 8.98. The second kappa shape index (κ2) is 5.11. The molecule has 1 saturated heterocycles. The molecule has 1 fully saturated rings. The summed E-state index contributed by atoms with van der Waals surface area (Å²) in [5.74, 6) is -1.15. The van der Waals surface area contributed by atoms with E-state index in [0.29, 0.717) is 19.4 Å². The van der Waals surface area contributed by atoms with Crippen molar-refractivity contribution in [3.8, 4) is 0 Å². The van der Waals surface area contributed by atoms with Gasteiger partial charge >= 0.3 is 5.97 Å². The maximum absolute atomic E-state index is 11.8. The minimum atomic E-state index is -0.926. The predicted octanol–water partition coefficient (Wildman–Crippen LogP) is 0.189. The van der Waals surface area contributed by atoms with Crippen LogP contribution < -0.4 is 5.73 Å². The van der Waals surface area contributed by atoms with Gasteiger partial charge in [0, 0.05) is 6.54 Å². The van der Waals surface area contributed by atoms with E-state index in [-0.39, 0.29) is 5.91 Å². The summed E-state index contributed by atoms with van der Waals surface area (Å²) in [5, 5.41) is 8.91. The fraction of sp³-hybridized carbons (Fsp3) is 0.800. The average Bonchev–Trinajstić information content (AvgIpc) is 2.65. The van der Waals surface area contributed by atoms with E-state index in [2.05, 4.69) is 0 Å². The molecule has 1 unspecified atom stereocenters. The van der Waals surface area contributed by atoms with Crippen LogP contribution in [0.15, 0.2) is 0 Å². The molecule has 86 valence electrons. The van der Waals surface area contributed by atoms with Crippen LogP contribution in [0.1, 0.15) is 32.6 Å². The minimum Gasteiger partial charge on any atom is -0.480 e. The van der Waals surface area contributed by atoms with E-state index < -0.39 is 18.1 Å². The molecule has 0 aromatic rings. The van der Waals surface area contributed by atoms with E-state index in [9.17, 15) is 9.59 Å². The first-order valence-corrected chi connectivity index (χ1v) is 5.36. The van der Waals surface area contributed by atoms with Crippen molar-refractivity contribution in [3.63, 3.8) is 0 Å². The van der Waals surface area contributed by atoms with E-state index in [4.69, 9.17) is 10.8 Å². The van der Waals surface area contributed by atoms with Gasteiger partial charge in [0.1, 0.15) is 6.04 Å².